The summed E-state index contributed by atoms with van der Waals surface area (Å²) in [4.78, 5) is 11.8. The zero-order valence-electron chi connectivity index (χ0n) is 10.7. The Hall–Kier alpha value is -1.88. The monoisotopic (exact) mass is 336 g/mol. The predicted molar refractivity (Wildman–Crippen MR) is 81.9 cm³/mol. The zero-order chi connectivity index (χ0) is 14.5. The van der Waals surface area contributed by atoms with Gasteiger partial charge in [0.05, 0.1) is 5.69 Å². The van der Waals surface area contributed by atoms with Gasteiger partial charge in [-0.1, -0.05) is 28.1 Å². The lowest BCUT2D eigenvalue weighted by atomic mass is 10.1. The highest BCUT2D eigenvalue weighted by atomic mass is 79.9. The summed E-state index contributed by atoms with van der Waals surface area (Å²) in [7, 11) is 0. The van der Waals surface area contributed by atoms with Crippen LogP contribution in [0, 0.1) is 5.82 Å². The third kappa shape index (κ3) is 4.06. The van der Waals surface area contributed by atoms with E-state index < -0.39 is 5.82 Å². The van der Waals surface area contributed by atoms with Crippen LogP contribution in [0.5, 0.6) is 0 Å². The van der Waals surface area contributed by atoms with Crippen molar-refractivity contribution < 1.29 is 9.18 Å². The molecular formula is C15H14BrFN2O. The van der Waals surface area contributed by atoms with Crippen LogP contribution < -0.4 is 11.1 Å². The van der Waals surface area contributed by atoms with Gasteiger partial charge in [0.1, 0.15) is 5.82 Å². The molecule has 0 heterocycles. The van der Waals surface area contributed by atoms with E-state index in [0.29, 0.717) is 16.6 Å². The molecule has 1 amide bonds. The van der Waals surface area contributed by atoms with Crippen molar-refractivity contribution in [3.8, 4) is 0 Å². The number of amides is 1. The van der Waals surface area contributed by atoms with Crippen molar-refractivity contribution in [3.05, 3.63) is 58.3 Å². The second kappa shape index (κ2) is 6.52. The van der Waals surface area contributed by atoms with Crippen LogP contribution in [0.3, 0.4) is 0 Å². The summed E-state index contributed by atoms with van der Waals surface area (Å²) >= 11 is 3.24. The van der Waals surface area contributed by atoms with Gasteiger partial charge in [-0.3, -0.25) is 4.79 Å². The van der Waals surface area contributed by atoms with Gasteiger partial charge in [-0.15, -0.1) is 0 Å². The van der Waals surface area contributed by atoms with E-state index in [9.17, 15) is 9.18 Å². The summed E-state index contributed by atoms with van der Waals surface area (Å²) in [5, 5.41) is 2.56. The van der Waals surface area contributed by atoms with Crippen molar-refractivity contribution in [3.63, 3.8) is 0 Å². The summed E-state index contributed by atoms with van der Waals surface area (Å²) < 4.78 is 14.2. The number of nitrogens with one attached hydrogen (secondary N) is 1. The number of anilines is 2. The van der Waals surface area contributed by atoms with Crippen molar-refractivity contribution in [1.82, 2.24) is 0 Å². The van der Waals surface area contributed by atoms with Crippen molar-refractivity contribution >= 4 is 33.2 Å². The molecule has 0 atom stereocenters. The first-order valence-electron chi connectivity index (χ1n) is 6.14. The van der Waals surface area contributed by atoms with Crippen LogP contribution in [0.15, 0.2) is 46.9 Å². The second-order valence-electron chi connectivity index (χ2n) is 4.41. The highest BCUT2D eigenvalue weighted by molar-refractivity contribution is 9.10. The Kier molecular flexibility index (Phi) is 4.74. The topological polar surface area (TPSA) is 55.1 Å². The highest BCUT2D eigenvalue weighted by Crippen LogP contribution is 2.20. The van der Waals surface area contributed by atoms with Crippen LogP contribution in [-0.4, -0.2) is 5.91 Å². The number of rotatable bonds is 4. The van der Waals surface area contributed by atoms with Crippen LogP contribution >= 0.6 is 15.9 Å². The minimum Gasteiger partial charge on any atom is -0.399 e. The molecule has 0 radical (unpaired) electrons. The molecule has 0 unspecified atom stereocenters. The molecule has 20 heavy (non-hydrogen) atoms. The molecule has 0 fully saturated rings. The molecule has 0 aliphatic heterocycles. The third-order valence-corrected chi connectivity index (χ3v) is 3.32. The van der Waals surface area contributed by atoms with Crippen molar-refractivity contribution in [2.24, 2.45) is 0 Å². The Labute approximate surface area is 125 Å². The number of nitrogen functional groups attached to an aromatic ring is 1. The van der Waals surface area contributed by atoms with Crippen LogP contribution in [0.1, 0.15) is 12.0 Å². The summed E-state index contributed by atoms with van der Waals surface area (Å²) in [6, 6.07) is 11.8. The molecule has 0 aliphatic carbocycles. The van der Waals surface area contributed by atoms with E-state index in [2.05, 4.69) is 21.2 Å². The normalized spacial score (nSPS) is 10.3. The molecule has 3 nitrogen and oxygen atoms in total. The quantitative estimate of drug-likeness (QED) is 0.835. The first kappa shape index (κ1) is 14.5. The predicted octanol–water partition coefficient (Wildman–Crippen LogP) is 3.74. The Morgan fingerprint density at radius 2 is 1.90 bits per heavy atom. The lowest BCUT2D eigenvalue weighted by molar-refractivity contribution is -0.116. The van der Waals surface area contributed by atoms with Gasteiger partial charge in [0.2, 0.25) is 5.91 Å². The van der Waals surface area contributed by atoms with Crippen LogP contribution in [0.2, 0.25) is 0 Å². The van der Waals surface area contributed by atoms with Gasteiger partial charge in [-0.25, -0.2) is 4.39 Å². The smallest absolute Gasteiger partial charge is 0.224 e. The lowest BCUT2D eigenvalue weighted by Crippen LogP contribution is -2.13. The maximum Gasteiger partial charge on any atom is 0.224 e. The largest absolute Gasteiger partial charge is 0.399 e. The van der Waals surface area contributed by atoms with Gasteiger partial charge in [0.15, 0.2) is 0 Å². The number of hydrogen-bond acceptors (Lipinski definition) is 2. The summed E-state index contributed by atoms with van der Waals surface area (Å²) in [5.41, 5.74) is 7.48. The average molecular weight is 337 g/mol. The molecule has 104 valence electrons. The Morgan fingerprint density at radius 1 is 1.20 bits per heavy atom. The van der Waals surface area contributed by atoms with Gasteiger partial charge >= 0.3 is 0 Å². The van der Waals surface area contributed by atoms with Gasteiger partial charge in [0, 0.05) is 16.6 Å². The van der Waals surface area contributed by atoms with Crippen molar-refractivity contribution in [2.75, 3.05) is 11.1 Å². The van der Waals surface area contributed by atoms with E-state index in [1.807, 2.05) is 12.1 Å². The minimum atomic E-state index is -0.450. The molecular weight excluding hydrogens is 323 g/mol. The van der Waals surface area contributed by atoms with Crippen LogP contribution in [0.4, 0.5) is 15.8 Å². The summed E-state index contributed by atoms with van der Waals surface area (Å²) in [5.74, 6) is -0.673. The first-order chi connectivity index (χ1) is 9.54. The van der Waals surface area contributed by atoms with Gasteiger partial charge in [0.25, 0.3) is 0 Å². The fraction of sp³-hybridized carbons (Fsp3) is 0.133. The number of hydrogen-bond donors (Lipinski definition) is 2. The molecule has 2 aromatic carbocycles. The van der Waals surface area contributed by atoms with E-state index >= 15 is 0 Å². The van der Waals surface area contributed by atoms with E-state index in [1.54, 1.807) is 18.2 Å². The SMILES string of the molecule is Nc1ccc(CCC(=O)Nc2cc(Br)ccc2F)cc1. The number of benzene rings is 2. The number of halogens is 2. The maximum atomic E-state index is 13.5. The number of carbonyl (C=O) groups excluding carboxylic acids is 1. The van der Waals surface area contributed by atoms with E-state index in [1.165, 1.54) is 12.1 Å². The van der Waals surface area contributed by atoms with E-state index in [4.69, 9.17) is 5.73 Å². The molecule has 2 aromatic rings. The Morgan fingerprint density at radius 3 is 2.60 bits per heavy atom. The summed E-state index contributed by atoms with van der Waals surface area (Å²) in [6.45, 7) is 0. The second-order valence-corrected chi connectivity index (χ2v) is 5.33. The Balaban J connectivity index is 1.92. The average Bonchev–Trinajstić information content (AvgIpc) is 2.42. The zero-order valence-corrected chi connectivity index (χ0v) is 12.3. The van der Waals surface area contributed by atoms with Crippen molar-refractivity contribution in [2.45, 2.75) is 12.8 Å². The fourth-order valence-electron chi connectivity index (χ4n) is 1.75. The van der Waals surface area contributed by atoms with Gasteiger partial charge < -0.3 is 11.1 Å². The maximum absolute atomic E-state index is 13.5. The van der Waals surface area contributed by atoms with E-state index in [-0.39, 0.29) is 18.0 Å². The molecule has 0 bridgehead atoms. The third-order valence-electron chi connectivity index (χ3n) is 2.82. The molecule has 5 heteroatoms. The minimum absolute atomic E-state index is 0.182. The number of carbonyl (C=O) groups is 1. The van der Waals surface area contributed by atoms with Crippen LogP contribution in [0.25, 0.3) is 0 Å². The van der Waals surface area contributed by atoms with Crippen LogP contribution in [-0.2, 0) is 11.2 Å². The lowest BCUT2D eigenvalue weighted by Gasteiger charge is -2.07. The molecule has 0 saturated carbocycles. The Bertz CT molecular complexity index is 614. The highest BCUT2D eigenvalue weighted by Gasteiger charge is 2.07. The van der Waals surface area contributed by atoms with E-state index in [0.717, 1.165) is 5.56 Å². The number of aryl methyl sites for hydroxylation is 1. The van der Waals surface area contributed by atoms with Gasteiger partial charge in [-0.2, -0.15) is 0 Å². The number of nitrogens with two attached hydrogens (primary N) is 1. The molecule has 0 aromatic heterocycles. The van der Waals surface area contributed by atoms with Gasteiger partial charge in [-0.05, 0) is 42.3 Å². The fourth-order valence-corrected chi connectivity index (χ4v) is 2.11. The summed E-state index contributed by atoms with van der Waals surface area (Å²) in [6.07, 6.45) is 0.873. The molecule has 0 aliphatic rings. The standard InChI is InChI=1S/C15H14BrFN2O/c16-11-4-7-13(17)14(9-11)19-15(20)8-3-10-1-5-12(18)6-2-10/h1-2,4-7,9H,3,8,18H2,(H,19,20). The molecule has 0 spiro atoms. The first-order valence-corrected chi connectivity index (χ1v) is 6.93. The molecule has 3 N–H and O–H groups in total. The van der Waals surface area contributed by atoms with Crippen molar-refractivity contribution in [1.29, 1.82) is 0 Å². The molecule has 2 rings (SSSR count). The molecule has 0 saturated heterocycles.